The maximum atomic E-state index is 13.0. The van der Waals surface area contributed by atoms with E-state index in [0.29, 0.717) is 0 Å². The molecule has 1 aromatic carbocycles. The summed E-state index contributed by atoms with van der Waals surface area (Å²) in [4.78, 5) is 12.2. The molecule has 132 valence electrons. The molecule has 0 bridgehead atoms. The Labute approximate surface area is 131 Å². The summed E-state index contributed by atoms with van der Waals surface area (Å²) in [6.45, 7) is -3.10. The van der Waals surface area contributed by atoms with E-state index in [4.69, 9.17) is 0 Å². The molecule has 1 aliphatic rings. The van der Waals surface area contributed by atoms with Gasteiger partial charge in [0.05, 0.1) is 0 Å². The normalized spacial score (nSPS) is 20.9. The maximum Gasteiger partial charge on any atom is 0.387 e. The van der Waals surface area contributed by atoms with E-state index in [0.717, 1.165) is 24.3 Å². The molecule has 0 spiro atoms. The van der Waals surface area contributed by atoms with E-state index < -0.39 is 43.2 Å². The molecule has 0 saturated heterocycles. The predicted molar refractivity (Wildman–Crippen MR) is 68.3 cm³/mol. The van der Waals surface area contributed by atoms with Crippen LogP contribution in [0.4, 0.5) is 26.3 Å². The summed E-state index contributed by atoms with van der Waals surface area (Å²) in [5.74, 6) is -1.60. The SMILES string of the molecule is O=C(c1ccc(OC(F)F)cc1)N1N=C(C(F)F)C[C@]1(O)C(F)F. The molecular weight excluding hydrogens is 346 g/mol. The van der Waals surface area contributed by atoms with Crippen LogP contribution in [0.3, 0.4) is 0 Å². The number of alkyl halides is 6. The number of ether oxygens (including phenoxy) is 1. The second-order valence-corrected chi connectivity index (χ2v) is 4.77. The van der Waals surface area contributed by atoms with Crippen LogP contribution in [0.1, 0.15) is 16.8 Å². The largest absolute Gasteiger partial charge is 0.435 e. The van der Waals surface area contributed by atoms with Gasteiger partial charge in [-0.1, -0.05) is 0 Å². The molecule has 1 heterocycles. The number of hydrazone groups is 1. The number of hydrogen-bond acceptors (Lipinski definition) is 4. The lowest BCUT2D eigenvalue weighted by atomic mass is 10.1. The van der Waals surface area contributed by atoms with Crippen molar-refractivity contribution in [2.24, 2.45) is 5.10 Å². The van der Waals surface area contributed by atoms with E-state index in [-0.39, 0.29) is 16.3 Å². The van der Waals surface area contributed by atoms with Gasteiger partial charge in [-0.15, -0.1) is 0 Å². The van der Waals surface area contributed by atoms with Gasteiger partial charge < -0.3 is 9.84 Å². The highest BCUT2D eigenvalue weighted by Gasteiger charge is 2.53. The number of hydrogen-bond donors (Lipinski definition) is 1. The van der Waals surface area contributed by atoms with Crippen molar-refractivity contribution in [2.45, 2.75) is 31.6 Å². The molecule has 0 unspecified atom stereocenters. The van der Waals surface area contributed by atoms with Crippen molar-refractivity contribution in [3.63, 3.8) is 0 Å². The van der Waals surface area contributed by atoms with Gasteiger partial charge in [-0.3, -0.25) is 4.79 Å². The molecule has 1 atom stereocenters. The van der Waals surface area contributed by atoms with E-state index in [1.54, 1.807) is 0 Å². The average molecular weight is 356 g/mol. The van der Waals surface area contributed by atoms with Crippen LogP contribution >= 0.6 is 0 Å². The highest BCUT2D eigenvalue weighted by Crippen LogP contribution is 2.34. The number of carbonyl (C=O) groups excluding carboxylic acids is 1. The second-order valence-electron chi connectivity index (χ2n) is 4.77. The lowest BCUT2D eigenvalue weighted by molar-refractivity contribution is -0.164. The van der Waals surface area contributed by atoms with Crippen molar-refractivity contribution in [2.75, 3.05) is 0 Å². The minimum atomic E-state index is -3.55. The van der Waals surface area contributed by atoms with Gasteiger partial charge in [-0.05, 0) is 24.3 Å². The minimum absolute atomic E-state index is 0.123. The summed E-state index contributed by atoms with van der Waals surface area (Å²) >= 11 is 0. The summed E-state index contributed by atoms with van der Waals surface area (Å²) in [7, 11) is 0. The fourth-order valence-corrected chi connectivity index (χ4v) is 2.00. The van der Waals surface area contributed by atoms with E-state index in [1.807, 2.05) is 0 Å². The molecule has 0 aromatic heterocycles. The standard InChI is InChI=1S/C13H10F6N2O3/c14-9(15)8-5-13(23,11(16)17)21(20-8)10(22)6-1-3-7(4-2-6)24-12(18)19/h1-4,9,11-12,23H,5H2/t13-/m0/s1. The topological polar surface area (TPSA) is 62.1 Å². The Balaban J connectivity index is 2.28. The van der Waals surface area contributed by atoms with E-state index in [9.17, 15) is 36.2 Å². The van der Waals surface area contributed by atoms with Crippen LogP contribution in [-0.2, 0) is 0 Å². The van der Waals surface area contributed by atoms with Crippen molar-refractivity contribution in [1.29, 1.82) is 0 Å². The van der Waals surface area contributed by atoms with Gasteiger partial charge in [0.15, 0.2) is 0 Å². The summed E-state index contributed by atoms with van der Waals surface area (Å²) in [6.07, 6.45) is -7.99. The van der Waals surface area contributed by atoms with Gasteiger partial charge in [0, 0.05) is 12.0 Å². The first-order chi connectivity index (χ1) is 11.1. The Kier molecular flexibility index (Phi) is 5.02. The molecule has 11 heteroatoms. The third-order valence-corrected chi connectivity index (χ3v) is 3.16. The van der Waals surface area contributed by atoms with Gasteiger partial charge >= 0.3 is 6.61 Å². The number of amides is 1. The van der Waals surface area contributed by atoms with Crippen LogP contribution in [0.2, 0.25) is 0 Å². The number of rotatable bonds is 5. The first kappa shape index (κ1) is 18.0. The van der Waals surface area contributed by atoms with Gasteiger partial charge in [0.2, 0.25) is 5.72 Å². The van der Waals surface area contributed by atoms with Gasteiger partial charge in [-0.25, -0.2) is 17.6 Å². The number of aliphatic hydroxyl groups is 1. The zero-order valence-corrected chi connectivity index (χ0v) is 11.7. The number of halogens is 6. The molecule has 0 saturated carbocycles. The van der Waals surface area contributed by atoms with Crippen LogP contribution in [0.15, 0.2) is 29.4 Å². The third-order valence-electron chi connectivity index (χ3n) is 3.16. The number of nitrogens with zero attached hydrogens (tertiary/aromatic N) is 2. The zero-order chi connectivity index (χ0) is 18.1. The fourth-order valence-electron chi connectivity index (χ4n) is 2.00. The molecule has 1 aliphatic heterocycles. The van der Waals surface area contributed by atoms with Crippen LogP contribution < -0.4 is 4.74 Å². The highest BCUT2D eigenvalue weighted by atomic mass is 19.3. The van der Waals surface area contributed by atoms with Gasteiger partial charge in [0.1, 0.15) is 11.5 Å². The predicted octanol–water partition coefficient (Wildman–Crippen LogP) is 2.71. The maximum absolute atomic E-state index is 13.0. The second kappa shape index (κ2) is 6.67. The van der Waals surface area contributed by atoms with Gasteiger partial charge in [0.25, 0.3) is 18.8 Å². The van der Waals surface area contributed by atoms with Crippen LogP contribution in [0, 0.1) is 0 Å². The minimum Gasteiger partial charge on any atom is -0.435 e. The highest BCUT2D eigenvalue weighted by molar-refractivity contribution is 5.99. The molecular formula is C13H10F6N2O3. The summed E-state index contributed by atoms with van der Waals surface area (Å²) in [6, 6.07) is 3.80. The number of benzene rings is 1. The molecule has 0 aliphatic carbocycles. The van der Waals surface area contributed by atoms with Gasteiger partial charge in [-0.2, -0.15) is 18.9 Å². The summed E-state index contributed by atoms with van der Waals surface area (Å²) in [5, 5.41) is 12.8. The Hall–Kier alpha value is -2.30. The summed E-state index contributed by atoms with van der Waals surface area (Å²) < 4.78 is 79.5. The van der Waals surface area contributed by atoms with E-state index >= 15 is 0 Å². The summed E-state index contributed by atoms with van der Waals surface area (Å²) in [5.41, 5.74) is -4.61. The first-order valence-electron chi connectivity index (χ1n) is 6.40. The molecule has 1 aromatic rings. The molecule has 5 nitrogen and oxygen atoms in total. The quantitative estimate of drug-likeness (QED) is 0.826. The Morgan fingerprint density at radius 3 is 2.21 bits per heavy atom. The molecule has 1 amide bonds. The fraction of sp³-hybridized carbons (Fsp3) is 0.385. The Morgan fingerprint density at radius 2 is 1.75 bits per heavy atom. The lowest BCUT2D eigenvalue weighted by Gasteiger charge is -2.30. The molecule has 0 fully saturated rings. The molecule has 2 rings (SSSR count). The molecule has 24 heavy (non-hydrogen) atoms. The Morgan fingerprint density at radius 1 is 1.17 bits per heavy atom. The first-order valence-corrected chi connectivity index (χ1v) is 6.40. The van der Waals surface area contributed by atoms with Crippen molar-refractivity contribution in [1.82, 2.24) is 5.01 Å². The average Bonchev–Trinajstić information content (AvgIpc) is 2.86. The van der Waals surface area contributed by atoms with Crippen molar-refractivity contribution in [3.8, 4) is 5.75 Å². The lowest BCUT2D eigenvalue weighted by Crippen LogP contribution is -2.51. The Bertz CT molecular complexity index is 637. The van der Waals surface area contributed by atoms with Crippen molar-refractivity contribution in [3.05, 3.63) is 29.8 Å². The monoisotopic (exact) mass is 356 g/mol. The molecule has 1 N–H and O–H groups in total. The smallest absolute Gasteiger partial charge is 0.387 e. The van der Waals surface area contributed by atoms with Crippen molar-refractivity contribution >= 4 is 11.6 Å². The van der Waals surface area contributed by atoms with Crippen LogP contribution in [0.25, 0.3) is 0 Å². The third kappa shape index (κ3) is 3.45. The number of carbonyl (C=O) groups is 1. The zero-order valence-electron chi connectivity index (χ0n) is 11.7. The molecule has 0 radical (unpaired) electrons. The van der Waals surface area contributed by atoms with E-state index in [2.05, 4.69) is 9.84 Å². The van der Waals surface area contributed by atoms with Crippen molar-refractivity contribution < 1.29 is 41.0 Å². The van der Waals surface area contributed by atoms with E-state index in [1.165, 1.54) is 0 Å². The van der Waals surface area contributed by atoms with Crippen LogP contribution in [-0.4, -0.2) is 46.9 Å². The van der Waals surface area contributed by atoms with Crippen LogP contribution in [0.5, 0.6) is 5.75 Å².